The van der Waals surface area contributed by atoms with Gasteiger partial charge in [0.05, 0.1) is 15.9 Å². The molecule has 5 rings (SSSR count). The Balaban J connectivity index is 1.45. The number of nitrogen functional groups attached to an aromatic ring is 1. The van der Waals surface area contributed by atoms with Crippen LogP contribution in [0.3, 0.4) is 0 Å². The number of aromatic nitrogens is 4. The van der Waals surface area contributed by atoms with E-state index in [4.69, 9.17) is 22.1 Å². The largest absolute Gasteiger partial charge is 0.489 e. The molecule has 3 aromatic heterocycles. The number of pyridine rings is 1. The topological polar surface area (TPSA) is 90.9 Å². The number of nitrogens with two attached hydrogens (primary N) is 1. The molecule has 0 aliphatic heterocycles. The van der Waals surface area contributed by atoms with Crippen LogP contribution in [-0.4, -0.2) is 26.6 Å². The van der Waals surface area contributed by atoms with Crippen LogP contribution in [0.2, 0.25) is 5.02 Å². The minimum atomic E-state index is -0.373. The SMILES string of the molecule is CNc1ccc2ccc(OCc3cc(-n4cc(Cl)c5c(N)ncnc54)ccc3F)cc2n1. The van der Waals surface area contributed by atoms with Crippen molar-refractivity contribution in [3.8, 4) is 11.4 Å². The van der Waals surface area contributed by atoms with Gasteiger partial charge in [-0.25, -0.2) is 19.3 Å². The Morgan fingerprint density at radius 3 is 2.81 bits per heavy atom. The van der Waals surface area contributed by atoms with Gasteiger partial charge in [-0.2, -0.15) is 0 Å². The van der Waals surface area contributed by atoms with Gasteiger partial charge < -0.3 is 15.8 Å². The Bertz CT molecular complexity index is 1470. The van der Waals surface area contributed by atoms with E-state index >= 15 is 0 Å². The third kappa shape index (κ3) is 3.54. The Kier molecular flexibility index (Phi) is 4.99. The summed E-state index contributed by atoms with van der Waals surface area (Å²) >= 11 is 6.32. The van der Waals surface area contributed by atoms with Gasteiger partial charge in [0.25, 0.3) is 0 Å². The minimum Gasteiger partial charge on any atom is -0.489 e. The van der Waals surface area contributed by atoms with Crippen LogP contribution in [0.5, 0.6) is 5.75 Å². The number of fused-ring (bicyclic) bond motifs is 2. The normalized spacial score (nSPS) is 11.2. The second-order valence-corrected chi connectivity index (χ2v) is 7.58. The molecule has 0 fully saturated rings. The number of rotatable bonds is 5. The molecule has 0 unspecified atom stereocenters. The third-order valence-corrected chi connectivity index (χ3v) is 5.47. The highest BCUT2D eigenvalue weighted by molar-refractivity contribution is 6.36. The van der Waals surface area contributed by atoms with Crippen molar-refractivity contribution in [2.24, 2.45) is 0 Å². The van der Waals surface area contributed by atoms with Crippen LogP contribution in [0.1, 0.15) is 5.56 Å². The number of nitrogens with one attached hydrogen (secondary N) is 1. The average Bonchev–Trinajstić information content (AvgIpc) is 3.15. The number of anilines is 2. The lowest BCUT2D eigenvalue weighted by Gasteiger charge is -2.11. The molecule has 2 aromatic carbocycles. The Morgan fingerprint density at radius 2 is 1.97 bits per heavy atom. The molecular weight excluding hydrogens is 431 g/mol. The third-order valence-electron chi connectivity index (χ3n) is 5.19. The zero-order valence-electron chi connectivity index (χ0n) is 17.0. The summed E-state index contributed by atoms with van der Waals surface area (Å²) in [6.07, 6.45) is 3.05. The van der Waals surface area contributed by atoms with E-state index in [-0.39, 0.29) is 18.2 Å². The van der Waals surface area contributed by atoms with Crippen molar-refractivity contribution >= 4 is 45.2 Å². The quantitative estimate of drug-likeness (QED) is 0.394. The van der Waals surface area contributed by atoms with Crippen LogP contribution in [-0.2, 0) is 6.61 Å². The predicted octanol–water partition coefficient (Wildman–Crippen LogP) is 4.96. The van der Waals surface area contributed by atoms with Gasteiger partial charge in [0.15, 0.2) is 5.65 Å². The van der Waals surface area contributed by atoms with Gasteiger partial charge in [0, 0.05) is 35.9 Å². The van der Waals surface area contributed by atoms with Crippen molar-refractivity contribution in [2.75, 3.05) is 18.1 Å². The summed E-state index contributed by atoms with van der Waals surface area (Å²) in [5.74, 6) is 1.27. The van der Waals surface area contributed by atoms with E-state index in [1.807, 2.05) is 37.4 Å². The molecule has 7 nitrogen and oxygen atoms in total. The van der Waals surface area contributed by atoms with Crippen molar-refractivity contribution in [3.63, 3.8) is 0 Å². The fourth-order valence-electron chi connectivity index (χ4n) is 3.55. The number of hydrogen-bond donors (Lipinski definition) is 2. The Morgan fingerprint density at radius 1 is 1.12 bits per heavy atom. The first kappa shape index (κ1) is 20.0. The van der Waals surface area contributed by atoms with Gasteiger partial charge in [-0.1, -0.05) is 11.6 Å². The molecule has 9 heteroatoms. The zero-order valence-corrected chi connectivity index (χ0v) is 17.8. The lowest BCUT2D eigenvalue weighted by Crippen LogP contribution is -2.02. The molecule has 5 aromatic rings. The molecule has 32 heavy (non-hydrogen) atoms. The summed E-state index contributed by atoms with van der Waals surface area (Å²) < 4.78 is 22.2. The summed E-state index contributed by atoms with van der Waals surface area (Å²) in [7, 11) is 1.81. The van der Waals surface area contributed by atoms with Crippen LogP contribution in [0.25, 0.3) is 27.6 Å². The molecule has 0 amide bonds. The van der Waals surface area contributed by atoms with Gasteiger partial charge in [-0.05, 0) is 42.5 Å². The first-order valence-electron chi connectivity index (χ1n) is 9.80. The van der Waals surface area contributed by atoms with Crippen molar-refractivity contribution in [1.29, 1.82) is 0 Å². The minimum absolute atomic E-state index is 0.0426. The van der Waals surface area contributed by atoms with Crippen LogP contribution in [0.4, 0.5) is 16.0 Å². The summed E-state index contributed by atoms with van der Waals surface area (Å²) in [4.78, 5) is 12.8. The number of hydrogen-bond acceptors (Lipinski definition) is 6. The molecule has 0 radical (unpaired) electrons. The van der Waals surface area contributed by atoms with Crippen molar-refractivity contribution < 1.29 is 9.13 Å². The van der Waals surface area contributed by atoms with Crippen molar-refractivity contribution in [1.82, 2.24) is 19.5 Å². The van der Waals surface area contributed by atoms with Crippen LogP contribution in [0, 0.1) is 5.82 Å². The van der Waals surface area contributed by atoms with Crippen molar-refractivity contribution in [2.45, 2.75) is 6.61 Å². The molecule has 0 atom stereocenters. The maximum Gasteiger partial charge on any atom is 0.151 e. The van der Waals surface area contributed by atoms with E-state index in [2.05, 4.69) is 20.3 Å². The average molecular weight is 449 g/mol. The zero-order chi connectivity index (χ0) is 22.2. The maximum atomic E-state index is 14.5. The fraction of sp³-hybridized carbons (Fsp3) is 0.0870. The van der Waals surface area contributed by atoms with Crippen LogP contribution in [0.15, 0.2) is 61.1 Å². The molecule has 160 valence electrons. The van der Waals surface area contributed by atoms with Crippen molar-refractivity contribution in [3.05, 3.63) is 77.5 Å². The highest BCUT2D eigenvalue weighted by Gasteiger charge is 2.15. The molecule has 3 N–H and O–H groups in total. The van der Waals surface area contributed by atoms with Crippen LogP contribution < -0.4 is 15.8 Å². The summed E-state index contributed by atoms with van der Waals surface area (Å²) in [6.45, 7) is 0.0426. The molecule has 0 bridgehead atoms. The highest BCUT2D eigenvalue weighted by atomic mass is 35.5. The van der Waals surface area contributed by atoms with E-state index in [0.717, 1.165) is 16.7 Å². The Hall–Kier alpha value is -3.91. The number of ether oxygens (including phenoxy) is 1. The highest BCUT2D eigenvalue weighted by Crippen LogP contribution is 2.31. The first-order valence-corrected chi connectivity index (χ1v) is 10.2. The van der Waals surface area contributed by atoms with E-state index in [0.29, 0.717) is 33.1 Å². The lowest BCUT2D eigenvalue weighted by atomic mass is 10.2. The first-order chi connectivity index (χ1) is 15.5. The lowest BCUT2D eigenvalue weighted by molar-refractivity contribution is 0.300. The van der Waals surface area contributed by atoms with E-state index in [1.165, 1.54) is 12.4 Å². The number of nitrogens with zero attached hydrogens (tertiary/aromatic N) is 4. The van der Waals surface area contributed by atoms with Gasteiger partial charge in [-0.3, -0.25) is 4.57 Å². The van der Waals surface area contributed by atoms with Gasteiger partial charge in [-0.15, -0.1) is 0 Å². The molecule has 0 aliphatic carbocycles. The number of benzene rings is 2. The molecule has 0 aliphatic rings. The van der Waals surface area contributed by atoms with Gasteiger partial charge in [0.1, 0.15) is 36.1 Å². The van der Waals surface area contributed by atoms with E-state index < -0.39 is 0 Å². The summed E-state index contributed by atoms with van der Waals surface area (Å²) in [5.41, 5.74) is 8.33. The standard InChI is InChI=1S/C23H18ClFN6O/c1-27-20-7-3-13-2-5-16(9-19(13)30-20)32-11-14-8-15(4-6-18(14)25)31-10-17(24)21-22(26)28-12-29-23(21)31/h2-10,12H,11H2,1H3,(H,27,30)(H2,26,28,29). The maximum absolute atomic E-state index is 14.5. The molecule has 3 heterocycles. The van der Waals surface area contributed by atoms with E-state index in [1.54, 1.807) is 22.9 Å². The molecule has 0 saturated carbocycles. The molecule has 0 spiro atoms. The monoisotopic (exact) mass is 448 g/mol. The summed E-state index contributed by atoms with van der Waals surface area (Å²) in [5, 5.41) is 4.98. The summed E-state index contributed by atoms with van der Waals surface area (Å²) in [6, 6.07) is 14.2. The molecular formula is C23H18ClFN6O. The van der Waals surface area contributed by atoms with Gasteiger partial charge >= 0.3 is 0 Å². The molecule has 0 saturated heterocycles. The predicted molar refractivity (Wildman–Crippen MR) is 124 cm³/mol. The van der Waals surface area contributed by atoms with E-state index in [9.17, 15) is 4.39 Å². The van der Waals surface area contributed by atoms with Crippen LogP contribution >= 0.6 is 11.6 Å². The Labute approximate surface area is 187 Å². The van der Waals surface area contributed by atoms with Gasteiger partial charge in [0.2, 0.25) is 0 Å². The second kappa shape index (κ2) is 7.97. The number of halogens is 2. The smallest absolute Gasteiger partial charge is 0.151 e. The second-order valence-electron chi connectivity index (χ2n) is 7.17. The fourth-order valence-corrected chi connectivity index (χ4v) is 3.82.